The minimum atomic E-state index is -0.220. The van der Waals surface area contributed by atoms with E-state index in [2.05, 4.69) is 0 Å². The number of nitrogens with two attached hydrogens (primary N) is 1. The molecular weight excluding hydrogens is 446 g/mol. The number of ether oxygens (including phenoxy) is 1. The predicted molar refractivity (Wildman–Crippen MR) is 139 cm³/mol. The van der Waals surface area contributed by atoms with Crippen LogP contribution < -0.4 is 16.2 Å². The highest BCUT2D eigenvalue weighted by molar-refractivity contribution is 7.18. The summed E-state index contributed by atoms with van der Waals surface area (Å²) in [5, 5.41) is 2.76. The third-order valence-electron chi connectivity index (χ3n) is 5.88. The number of benzene rings is 2. The first-order valence-electron chi connectivity index (χ1n) is 10.9. The van der Waals surface area contributed by atoms with Gasteiger partial charge in [-0.05, 0) is 41.8 Å². The van der Waals surface area contributed by atoms with E-state index in [0.29, 0.717) is 35.5 Å². The lowest BCUT2D eigenvalue weighted by Gasteiger charge is -2.23. The summed E-state index contributed by atoms with van der Waals surface area (Å²) < 4.78 is 7.71. The fourth-order valence-corrected chi connectivity index (χ4v) is 5.12. The van der Waals surface area contributed by atoms with Crippen LogP contribution in [0.15, 0.2) is 89.2 Å². The average molecular weight is 470 g/mol. The molecule has 5 rings (SSSR count). The third-order valence-corrected chi connectivity index (χ3v) is 6.81. The molecule has 2 N–H and O–H groups in total. The molecule has 0 radical (unpaired) electrons. The van der Waals surface area contributed by atoms with Crippen molar-refractivity contribution in [2.75, 3.05) is 30.9 Å². The molecule has 0 fully saturated rings. The highest BCUT2D eigenvalue weighted by Crippen LogP contribution is 2.31. The van der Waals surface area contributed by atoms with Crippen LogP contribution in [-0.4, -0.2) is 30.6 Å². The van der Waals surface area contributed by atoms with Gasteiger partial charge in [-0.1, -0.05) is 36.4 Å². The maximum atomic E-state index is 13.9. The molecule has 0 atom stereocenters. The van der Waals surface area contributed by atoms with E-state index in [9.17, 15) is 9.59 Å². The van der Waals surface area contributed by atoms with Gasteiger partial charge in [-0.15, -0.1) is 11.3 Å². The molecule has 7 heteroatoms. The van der Waals surface area contributed by atoms with Crippen molar-refractivity contribution in [2.45, 2.75) is 0 Å². The summed E-state index contributed by atoms with van der Waals surface area (Å²) in [5.41, 5.74) is 9.61. The van der Waals surface area contributed by atoms with Crippen LogP contribution in [0.4, 0.5) is 11.4 Å². The third kappa shape index (κ3) is 3.75. The van der Waals surface area contributed by atoms with E-state index in [1.807, 2.05) is 66.0 Å². The summed E-state index contributed by atoms with van der Waals surface area (Å²) in [6.45, 7) is 0.775. The largest absolute Gasteiger partial charge is 0.398 e. The summed E-state index contributed by atoms with van der Waals surface area (Å²) in [5.74, 6) is -0.190. The number of rotatable bonds is 6. The fraction of sp³-hybridized carbons (Fsp3) is 0.111. The van der Waals surface area contributed by atoms with Crippen molar-refractivity contribution in [3.63, 3.8) is 0 Å². The molecule has 0 unspecified atom stereocenters. The zero-order chi connectivity index (χ0) is 23.7. The van der Waals surface area contributed by atoms with Crippen LogP contribution in [-0.2, 0) is 4.74 Å². The molecule has 0 aliphatic rings. The summed E-state index contributed by atoms with van der Waals surface area (Å²) in [7, 11) is 1.61. The lowest BCUT2D eigenvalue weighted by atomic mass is 10.0. The van der Waals surface area contributed by atoms with Gasteiger partial charge in [0.15, 0.2) is 0 Å². The molecule has 170 valence electrons. The monoisotopic (exact) mass is 469 g/mol. The Balaban J connectivity index is 1.72. The van der Waals surface area contributed by atoms with Gasteiger partial charge in [0.1, 0.15) is 0 Å². The van der Waals surface area contributed by atoms with Crippen LogP contribution in [0.5, 0.6) is 0 Å². The number of nitrogen functional groups attached to an aromatic ring is 1. The lowest BCUT2D eigenvalue weighted by Crippen LogP contribution is -2.34. The molecule has 0 saturated carbocycles. The zero-order valence-electron chi connectivity index (χ0n) is 18.6. The molecule has 0 saturated heterocycles. The van der Waals surface area contributed by atoms with Crippen molar-refractivity contribution in [1.29, 1.82) is 0 Å². The number of nitrogens with zero attached hydrogens (tertiary/aromatic N) is 2. The highest BCUT2D eigenvalue weighted by atomic mass is 32.1. The Morgan fingerprint density at radius 1 is 1.00 bits per heavy atom. The number of hydrogen-bond donors (Lipinski definition) is 1. The van der Waals surface area contributed by atoms with E-state index in [1.54, 1.807) is 34.7 Å². The first-order chi connectivity index (χ1) is 16.6. The first-order valence-corrected chi connectivity index (χ1v) is 11.7. The van der Waals surface area contributed by atoms with Gasteiger partial charge < -0.3 is 15.4 Å². The molecule has 0 aliphatic heterocycles. The van der Waals surface area contributed by atoms with Gasteiger partial charge in [-0.25, -0.2) is 0 Å². The Kier molecular flexibility index (Phi) is 5.88. The number of carbonyl (C=O) groups is 1. The van der Waals surface area contributed by atoms with Crippen molar-refractivity contribution in [2.24, 2.45) is 0 Å². The topological polar surface area (TPSA) is 77.0 Å². The number of anilines is 2. The minimum absolute atomic E-state index is 0.190. The molecule has 0 spiro atoms. The van der Waals surface area contributed by atoms with Crippen molar-refractivity contribution < 1.29 is 9.53 Å². The van der Waals surface area contributed by atoms with Crippen molar-refractivity contribution in [3.05, 3.63) is 100 Å². The molecule has 6 nitrogen and oxygen atoms in total. The normalized spacial score (nSPS) is 11.2. The number of hydrogen-bond acceptors (Lipinski definition) is 5. The van der Waals surface area contributed by atoms with Crippen LogP contribution in [0.1, 0.15) is 10.4 Å². The fourth-order valence-electron chi connectivity index (χ4n) is 4.19. The Hall–Kier alpha value is -3.94. The number of carbonyl (C=O) groups excluding carboxylic acids is 1. The molecule has 0 aliphatic carbocycles. The van der Waals surface area contributed by atoms with Gasteiger partial charge in [0.2, 0.25) is 0 Å². The Morgan fingerprint density at radius 2 is 1.76 bits per heavy atom. The number of pyridine rings is 2. The maximum absolute atomic E-state index is 13.9. The molecule has 3 heterocycles. The number of thiophene rings is 1. The van der Waals surface area contributed by atoms with E-state index in [1.165, 1.54) is 11.3 Å². The molecule has 5 aromatic rings. The van der Waals surface area contributed by atoms with E-state index in [0.717, 1.165) is 21.3 Å². The molecule has 2 aromatic carbocycles. The summed E-state index contributed by atoms with van der Waals surface area (Å²) in [6, 6.07) is 22.4. The molecule has 3 aromatic heterocycles. The minimum Gasteiger partial charge on any atom is -0.398 e. The maximum Gasteiger partial charge on any atom is 0.263 e. The van der Waals surface area contributed by atoms with E-state index in [4.69, 9.17) is 10.5 Å². The summed E-state index contributed by atoms with van der Waals surface area (Å²) in [6.07, 6.45) is 1.65. The van der Waals surface area contributed by atoms with Gasteiger partial charge in [0.25, 0.3) is 11.5 Å². The van der Waals surface area contributed by atoms with Crippen molar-refractivity contribution in [1.82, 2.24) is 4.40 Å². The zero-order valence-corrected chi connectivity index (χ0v) is 19.4. The highest BCUT2D eigenvalue weighted by Gasteiger charge is 2.22. The number of aromatic nitrogens is 1. The van der Waals surface area contributed by atoms with Crippen LogP contribution >= 0.6 is 11.3 Å². The van der Waals surface area contributed by atoms with Gasteiger partial charge in [-0.3, -0.25) is 14.0 Å². The van der Waals surface area contributed by atoms with E-state index < -0.39 is 0 Å². The Bertz CT molecular complexity index is 1560. The second kappa shape index (κ2) is 9.13. The van der Waals surface area contributed by atoms with Crippen LogP contribution in [0.2, 0.25) is 0 Å². The second-order valence-electron chi connectivity index (χ2n) is 7.89. The molecular formula is C27H23N3O3S. The second-order valence-corrected chi connectivity index (χ2v) is 8.80. The van der Waals surface area contributed by atoms with Crippen LogP contribution in [0.3, 0.4) is 0 Å². The van der Waals surface area contributed by atoms with E-state index >= 15 is 0 Å². The van der Waals surface area contributed by atoms with Crippen LogP contribution in [0.25, 0.3) is 26.7 Å². The molecule has 1 amide bonds. The van der Waals surface area contributed by atoms with Crippen LogP contribution in [0, 0.1) is 0 Å². The van der Waals surface area contributed by atoms with E-state index in [-0.39, 0.29) is 11.5 Å². The Morgan fingerprint density at radius 3 is 2.53 bits per heavy atom. The van der Waals surface area contributed by atoms with Crippen molar-refractivity contribution in [3.8, 4) is 11.1 Å². The first kappa shape index (κ1) is 21.9. The Labute approximate surface area is 200 Å². The molecule has 0 bridgehead atoms. The molecule has 34 heavy (non-hydrogen) atoms. The van der Waals surface area contributed by atoms with Gasteiger partial charge in [0, 0.05) is 47.7 Å². The number of fused-ring (bicyclic) bond motifs is 3. The summed E-state index contributed by atoms with van der Waals surface area (Å²) in [4.78, 5) is 29.2. The van der Waals surface area contributed by atoms with Gasteiger partial charge in [-0.2, -0.15) is 0 Å². The van der Waals surface area contributed by atoms with Gasteiger partial charge in [0.05, 0.1) is 22.4 Å². The number of amides is 1. The number of para-hydroxylation sites is 2. The number of methoxy groups -OCH3 is 1. The SMILES string of the molecule is COCCN(C(=O)c1cn2c(=O)c(-c3ccccc3N)ccc2c2sccc12)c1ccccc1. The summed E-state index contributed by atoms with van der Waals surface area (Å²) >= 11 is 1.51. The van der Waals surface area contributed by atoms with Gasteiger partial charge >= 0.3 is 0 Å². The smallest absolute Gasteiger partial charge is 0.263 e. The average Bonchev–Trinajstić information content (AvgIpc) is 3.36. The van der Waals surface area contributed by atoms with Crippen molar-refractivity contribution >= 4 is 44.2 Å². The quantitative estimate of drug-likeness (QED) is 0.353. The predicted octanol–water partition coefficient (Wildman–Crippen LogP) is 5.06. The standard InChI is InChI=1S/C27H23N3O3S/c1-33-15-14-29(18-7-3-2-4-8-18)27(32)22-17-30-24(25-20(22)13-16-34-25)12-11-21(26(30)31)19-9-5-6-10-23(19)28/h2-13,16-17H,14-15,28H2,1H3. The lowest BCUT2D eigenvalue weighted by molar-refractivity contribution is 0.0977.